The molecule has 2 rings (SSSR count). The molecular weight excluding hydrogens is 267 g/mol. The molecule has 1 saturated carbocycles. The second-order valence-electron chi connectivity index (χ2n) is 5.53. The molecule has 112 valence electrons. The average molecular weight is 288 g/mol. The Morgan fingerprint density at radius 1 is 1.43 bits per heavy atom. The zero-order chi connectivity index (χ0) is 15.2. The Balaban J connectivity index is 2.18. The third kappa shape index (κ3) is 4.05. The van der Waals surface area contributed by atoms with Gasteiger partial charge in [-0.1, -0.05) is 24.7 Å². The molecule has 1 aromatic rings. The van der Waals surface area contributed by atoms with Crippen LogP contribution in [-0.2, 0) is 0 Å². The van der Waals surface area contributed by atoms with E-state index in [0.717, 1.165) is 6.54 Å². The average Bonchev–Trinajstić information content (AvgIpc) is 2.98. The Morgan fingerprint density at radius 3 is 2.81 bits per heavy atom. The third-order valence-electron chi connectivity index (χ3n) is 3.89. The summed E-state index contributed by atoms with van der Waals surface area (Å²) in [6.45, 7) is 0.933. The zero-order valence-corrected chi connectivity index (χ0v) is 12.4. The Labute approximate surface area is 125 Å². The first-order chi connectivity index (χ1) is 10.1. The first-order valence-electron chi connectivity index (χ1n) is 7.35. The normalized spacial score (nSPS) is 14.6. The molecule has 0 aromatic heterocycles. The summed E-state index contributed by atoms with van der Waals surface area (Å²) in [7, 11) is 1.77. The topological polar surface area (TPSA) is 46.3 Å². The van der Waals surface area contributed by atoms with Crippen molar-refractivity contribution in [2.75, 3.05) is 20.1 Å². The monoisotopic (exact) mass is 288 g/mol. The van der Waals surface area contributed by atoms with E-state index in [9.17, 15) is 9.18 Å². The predicted octanol–water partition coefficient (Wildman–Crippen LogP) is 2.40. The number of carbonyl (C=O) groups is 1. The second-order valence-corrected chi connectivity index (χ2v) is 5.53. The van der Waals surface area contributed by atoms with Gasteiger partial charge in [0.2, 0.25) is 0 Å². The summed E-state index contributed by atoms with van der Waals surface area (Å²) in [5, 5.41) is 0. The molecule has 4 heteroatoms. The smallest absolute Gasteiger partial charge is 0.254 e. The minimum absolute atomic E-state index is 0.178. The quantitative estimate of drug-likeness (QED) is 0.868. The molecule has 21 heavy (non-hydrogen) atoms. The number of rotatable bonds is 3. The number of carbonyl (C=O) groups excluding carboxylic acids is 1. The molecule has 0 bridgehead atoms. The predicted molar refractivity (Wildman–Crippen MR) is 81.3 cm³/mol. The molecule has 0 atom stereocenters. The van der Waals surface area contributed by atoms with Gasteiger partial charge in [-0.25, -0.2) is 4.39 Å². The summed E-state index contributed by atoms with van der Waals surface area (Å²) in [6.07, 6.45) is 4.81. The molecule has 0 radical (unpaired) electrons. The van der Waals surface area contributed by atoms with Crippen molar-refractivity contribution in [1.29, 1.82) is 0 Å². The van der Waals surface area contributed by atoms with E-state index in [4.69, 9.17) is 5.73 Å². The van der Waals surface area contributed by atoms with E-state index in [1.807, 2.05) is 0 Å². The van der Waals surface area contributed by atoms with Gasteiger partial charge in [-0.2, -0.15) is 0 Å². The highest BCUT2D eigenvalue weighted by Gasteiger charge is 2.21. The van der Waals surface area contributed by atoms with Crippen LogP contribution in [0.25, 0.3) is 0 Å². The van der Waals surface area contributed by atoms with Crippen LogP contribution in [0.5, 0.6) is 0 Å². The van der Waals surface area contributed by atoms with Gasteiger partial charge in [-0.05, 0) is 37.0 Å². The van der Waals surface area contributed by atoms with E-state index in [0.29, 0.717) is 17.0 Å². The van der Waals surface area contributed by atoms with Gasteiger partial charge >= 0.3 is 0 Å². The minimum Gasteiger partial charge on any atom is -0.341 e. The van der Waals surface area contributed by atoms with E-state index < -0.39 is 5.82 Å². The van der Waals surface area contributed by atoms with Crippen LogP contribution in [0.3, 0.4) is 0 Å². The summed E-state index contributed by atoms with van der Waals surface area (Å²) < 4.78 is 13.5. The van der Waals surface area contributed by atoms with Crippen molar-refractivity contribution in [1.82, 2.24) is 4.90 Å². The number of amides is 1. The lowest BCUT2D eigenvalue weighted by Crippen LogP contribution is -2.31. The van der Waals surface area contributed by atoms with Crippen molar-refractivity contribution in [3.05, 3.63) is 35.1 Å². The molecule has 3 nitrogen and oxygen atoms in total. The molecule has 1 aliphatic rings. The number of benzene rings is 1. The molecule has 1 aromatic carbocycles. The number of nitrogens with zero attached hydrogens (tertiary/aromatic N) is 1. The molecule has 1 fully saturated rings. The maximum absolute atomic E-state index is 13.5. The van der Waals surface area contributed by atoms with Crippen molar-refractivity contribution in [3.8, 4) is 11.8 Å². The fourth-order valence-electron chi connectivity index (χ4n) is 2.82. The molecule has 0 unspecified atom stereocenters. The SMILES string of the molecule is CN(CC1CCCC1)C(=O)c1cc(F)ccc1C#CCN. The zero-order valence-electron chi connectivity index (χ0n) is 12.4. The lowest BCUT2D eigenvalue weighted by atomic mass is 10.0. The standard InChI is InChI=1S/C17H21FN2O/c1-20(12-13-5-2-3-6-13)17(21)16-11-15(18)9-8-14(16)7-4-10-19/h8-9,11,13H,2-3,5-6,10,12,19H2,1H3. The Bertz CT molecular complexity index is 568. The maximum atomic E-state index is 13.5. The molecule has 2 N–H and O–H groups in total. The Hall–Kier alpha value is -1.86. The Morgan fingerprint density at radius 2 is 2.14 bits per heavy atom. The fraction of sp³-hybridized carbons (Fsp3) is 0.471. The Kier molecular flexibility index (Phi) is 5.35. The minimum atomic E-state index is -0.425. The summed E-state index contributed by atoms with van der Waals surface area (Å²) in [4.78, 5) is 14.2. The van der Waals surface area contributed by atoms with Gasteiger partial charge in [0, 0.05) is 19.2 Å². The van der Waals surface area contributed by atoms with Crippen LogP contribution in [0.2, 0.25) is 0 Å². The second kappa shape index (κ2) is 7.24. The third-order valence-corrected chi connectivity index (χ3v) is 3.89. The van der Waals surface area contributed by atoms with Crippen LogP contribution in [0.4, 0.5) is 4.39 Å². The molecular formula is C17H21FN2O. The van der Waals surface area contributed by atoms with Crippen LogP contribution >= 0.6 is 0 Å². The van der Waals surface area contributed by atoms with Crippen molar-refractivity contribution in [2.45, 2.75) is 25.7 Å². The molecule has 1 amide bonds. The van der Waals surface area contributed by atoms with E-state index in [2.05, 4.69) is 11.8 Å². The molecule has 1 aliphatic carbocycles. The summed E-state index contributed by atoms with van der Waals surface area (Å²) in [6, 6.07) is 4.11. The highest BCUT2D eigenvalue weighted by molar-refractivity contribution is 5.96. The van der Waals surface area contributed by atoms with Gasteiger partial charge in [-0.15, -0.1) is 0 Å². The van der Waals surface area contributed by atoms with E-state index in [1.165, 1.54) is 43.9 Å². The van der Waals surface area contributed by atoms with Crippen LogP contribution < -0.4 is 5.73 Å². The van der Waals surface area contributed by atoms with Gasteiger partial charge in [0.15, 0.2) is 0 Å². The van der Waals surface area contributed by atoms with Gasteiger partial charge in [0.05, 0.1) is 12.1 Å². The van der Waals surface area contributed by atoms with E-state index in [1.54, 1.807) is 11.9 Å². The van der Waals surface area contributed by atoms with Crippen LogP contribution in [0, 0.1) is 23.6 Å². The number of hydrogen-bond acceptors (Lipinski definition) is 2. The van der Waals surface area contributed by atoms with Crippen molar-refractivity contribution in [3.63, 3.8) is 0 Å². The number of hydrogen-bond donors (Lipinski definition) is 1. The van der Waals surface area contributed by atoms with Gasteiger partial charge < -0.3 is 10.6 Å². The first kappa shape index (κ1) is 15.5. The van der Waals surface area contributed by atoms with E-state index >= 15 is 0 Å². The summed E-state index contributed by atoms with van der Waals surface area (Å²) in [5.74, 6) is 5.51. The number of nitrogens with two attached hydrogens (primary N) is 1. The van der Waals surface area contributed by atoms with E-state index in [-0.39, 0.29) is 12.5 Å². The van der Waals surface area contributed by atoms with Gasteiger partial charge in [0.1, 0.15) is 5.82 Å². The largest absolute Gasteiger partial charge is 0.341 e. The maximum Gasteiger partial charge on any atom is 0.254 e. The fourth-order valence-corrected chi connectivity index (χ4v) is 2.82. The highest BCUT2D eigenvalue weighted by atomic mass is 19.1. The molecule has 0 aliphatic heterocycles. The number of halogens is 1. The summed E-state index contributed by atoms with van der Waals surface area (Å²) in [5.41, 5.74) is 6.21. The molecule has 0 heterocycles. The lowest BCUT2D eigenvalue weighted by Gasteiger charge is -2.21. The summed E-state index contributed by atoms with van der Waals surface area (Å²) >= 11 is 0. The highest BCUT2D eigenvalue weighted by Crippen LogP contribution is 2.25. The lowest BCUT2D eigenvalue weighted by molar-refractivity contribution is 0.0772. The van der Waals surface area contributed by atoms with Crippen molar-refractivity contribution in [2.24, 2.45) is 11.7 Å². The van der Waals surface area contributed by atoms with Crippen molar-refractivity contribution >= 4 is 5.91 Å². The molecule has 0 saturated heterocycles. The van der Waals surface area contributed by atoms with Gasteiger partial charge in [0.25, 0.3) is 5.91 Å². The molecule has 0 spiro atoms. The van der Waals surface area contributed by atoms with Crippen LogP contribution in [-0.4, -0.2) is 30.9 Å². The van der Waals surface area contributed by atoms with Crippen LogP contribution in [0.15, 0.2) is 18.2 Å². The van der Waals surface area contributed by atoms with Gasteiger partial charge in [-0.3, -0.25) is 4.79 Å². The first-order valence-corrected chi connectivity index (χ1v) is 7.35. The van der Waals surface area contributed by atoms with Crippen molar-refractivity contribution < 1.29 is 9.18 Å². The van der Waals surface area contributed by atoms with Crippen LogP contribution in [0.1, 0.15) is 41.6 Å².